The van der Waals surface area contributed by atoms with E-state index in [1.54, 1.807) is 36.6 Å². The van der Waals surface area contributed by atoms with Crippen molar-refractivity contribution in [3.05, 3.63) is 51.8 Å². The van der Waals surface area contributed by atoms with E-state index in [-0.39, 0.29) is 18.4 Å². The SMILES string of the molecule is CCOC(=O)c1cc(C)n(CC(=O)Nc2cc(Cl)ccc2C)c1C. The molecule has 0 aliphatic heterocycles. The molecule has 0 fully saturated rings. The third-order valence-corrected chi connectivity index (χ3v) is 4.08. The summed E-state index contributed by atoms with van der Waals surface area (Å²) in [4.78, 5) is 24.3. The molecule has 2 aromatic rings. The highest BCUT2D eigenvalue weighted by Crippen LogP contribution is 2.21. The Balaban J connectivity index is 2.17. The maximum absolute atomic E-state index is 12.4. The number of anilines is 1. The maximum Gasteiger partial charge on any atom is 0.339 e. The minimum atomic E-state index is -0.372. The third-order valence-electron chi connectivity index (χ3n) is 3.84. The summed E-state index contributed by atoms with van der Waals surface area (Å²) in [5.74, 6) is -0.555. The van der Waals surface area contributed by atoms with Crippen molar-refractivity contribution in [2.45, 2.75) is 34.2 Å². The summed E-state index contributed by atoms with van der Waals surface area (Å²) >= 11 is 5.97. The fourth-order valence-corrected chi connectivity index (χ4v) is 2.69. The normalized spacial score (nSPS) is 10.5. The molecular formula is C18H21ClN2O3. The molecule has 0 atom stereocenters. The number of rotatable bonds is 5. The van der Waals surface area contributed by atoms with Gasteiger partial charge in [-0.25, -0.2) is 4.79 Å². The van der Waals surface area contributed by atoms with Crippen molar-refractivity contribution >= 4 is 29.2 Å². The topological polar surface area (TPSA) is 60.3 Å². The van der Waals surface area contributed by atoms with Gasteiger partial charge >= 0.3 is 5.97 Å². The number of carbonyl (C=O) groups excluding carboxylic acids is 2. The molecule has 24 heavy (non-hydrogen) atoms. The minimum absolute atomic E-state index is 0.114. The summed E-state index contributed by atoms with van der Waals surface area (Å²) in [5, 5.41) is 3.42. The molecule has 2 rings (SSSR count). The predicted octanol–water partition coefficient (Wildman–Crippen LogP) is 3.88. The minimum Gasteiger partial charge on any atom is -0.462 e. The van der Waals surface area contributed by atoms with E-state index in [9.17, 15) is 9.59 Å². The van der Waals surface area contributed by atoms with Crippen LogP contribution in [0.4, 0.5) is 5.69 Å². The van der Waals surface area contributed by atoms with Gasteiger partial charge in [-0.05, 0) is 51.5 Å². The molecule has 0 unspecified atom stereocenters. The van der Waals surface area contributed by atoms with Crippen LogP contribution in [0, 0.1) is 20.8 Å². The van der Waals surface area contributed by atoms with E-state index in [2.05, 4.69) is 5.32 Å². The second kappa shape index (κ2) is 7.53. The summed E-state index contributed by atoms with van der Waals surface area (Å²) in [6, 6.07) is 7.08. The molecule has 1 N–H and O–H groups in total. The van der Waals surface area contributed by atoms with Crippen LogP contribution in [0.25, 0.3) is 0 Å². The van der Waals surface area contributed by atoms with Gasteiger partial charge in [0.2, 0.25) is 5.91 Å². The number of halogens is 1. The van der Waals surface area contributed by atoms with Gasteiger partial charge in [0.25, 0.3) is 0 Å². The van der Waals surface area contributed by atoms with Gasteiger partial charge in [0, 0.05) is 22.1 Å². The summed E-state index contributed by atoms with van der Waals surface area (Å²) in [5.41, 5.74) is 3.64. The zero-order valence-electron chi connectivity index (χ0n) is 14.3. The summed E-state index contributed by atoms with van der Waals surface area (Å²) in [6.45, 7) is 7.75. The predicted molar refractivity (Wildman–Crippen MR) is 94.7 cm³/mol. The Morgan fingerprint density at radius 2 is 1.92 bits per heavy atom. The maximum atomic E-state index is 12.4. The first kappa shape index (κ1) is 18.1. The molecule has 0 aliphatic rings. The van der Waals surface area contributed by atoms with Crippen LogP contribution in [0.15, 0.2) is 24.3 Å². The van der Waals surface area contributed by atoms with Gasteiger partial charge in [0.1, 0.15) is 6.54 Å². The Hall–Kier alpha value is -2.27. The Morgan fingerprint density at radius 1 is 1.21 bits per heavy atom. The molecule has 1 heterocycles. The summed E-state index contributed by atoms with van der Waals surface area (Å²) < 4.78 is 6.83. The first-order chi connectivity index (χ1) is 11.3. The van der Waals surface area contributed by atoms with E-state index in [1.807, 2.05) is 19.9 Å². The van der Waals surface area contributed by atoms with Crippen LogP contribution >= 0.6 is 11.6 Å². The molecule has 1 amide bonds. The molecule has 0 saturated heterocycles. The first-order valence-corrected chi connectivity index (χ1v) is 8.11. The number of amides is 1. The number of hydrogen-bond acceptors (Lipinski definition) is 3. The lowest BCUT2D eigenvalue weighted by atomic mass is 10.2. The largest absolute Gasteiger partial charge is 0.462 e. The molecule has 1 aromatic carbocycles. The van der Waals surface area contributed by atoms with Crippen molar-refractivity contribution in [2.24, 2.45) is 0 Å². The fraction of sp³-hybridized carbons (Fsp3) is 0.333. The second-order valence-electron chi connectivity index (χ2n) is 5.60. The van der Waals surface area contributed by atoms with Gasteiger partial charge in [0.05, 0.1) is 12.2 Å². The van der Waals surface area contributed by atoms with Crippen molar-refractivity contribution in [1.82, 2.24) is 4.57 Å². The lowest BCUT2D eigenvalue weighted by molar-refractivity contribution is -0.116. The quantitative estimate of drug-likeness (QED) is 0.834. The molecule has 0 bridgehead atoms. The van der Waals surface area contributed by atoms with Crippen molar-refractivity contribution in [2.75, 3.05) is 11.9 Å². The molecule has 6 heteroatoms. The number of nitrogens with zero attached hydrogens (tertiary/aromatic N) is 1. The van der Waals surface area contributed by atoms with Crippen molar-refractivity contribution in [3.63, 3.8) is 0 Å². The van der Waals surface area contributed by atoms with E-state index >= 15 is 0 Å². The number of nitrogens with one attached hydrogen (secondary N) is 1. The summed E-state index contributed by atoms with van der Waals surface area (Å²) in [7, 11) is 0. The number of aryl methyl sites for hydroxylation is 2. The molecule has 0 aliphatic carbocycles. The van der Waals surface area contributed by atoms with Gasteiger partial charge in [-0.3, -0.25) is 4.79 Å². The molecule has 0 saturated carbocycles. The van der Waals surface area contributed by atoms with Crippen molar-refractivity contribution in [1.29, 1.82) is 0 Å². The Morgan fingerprint density at radius 3 is 2.58 bits per heavy atom. The van der Waals surface area contributed by atoms with Gasteiger partial charge < -0.3 is 14.6 Å². The van der Waals surface area contributed by atoms with Gasteiger partial charge in [-0.15, -0.1) is 0 Å². The van der Waals surface area contributed by atoms with E-state index in [1.165, 1.54) is 0 Å². The zero-order chi connectivity index (χ0) is 17.9. The smallest absolute Gasteiger partial charge is 0.339 e. The van der Waals surface area contributed by atoms with Crippen LogP contribution in [-0.4, -0.2) is 23.1 Å². The zero-order valence-corrected chi connectivity index (χ0v) is 15.0. The average Bonchev–Trinajstić information content (AvgIpc) is 2.79. The van der Waals surface area contributed by atoms with E-state index < -0.39 is 0 Å². The molecule has 0 radical (unpaired) electrons. The highest BCUT2D eigenvalue weighted by atomic mass is 35.5. The summed E-state index contributed by atoms with van der Waals surface area (Å²) in [6.07, 6.45) is 0. The first-order valence-electron chi connectivity index (χ1n) is 7.73. The number of hydrogen-bond donors (Lipinski definition) is 1. The van der Waals surface area contributed by atoms with E-state index in [0.29, 0.717) is 28.6 Å². The van der Waals surface area contributed by atoms with E-state index in [4.69, 9.17) is 16.3 Å². The Labute approximate surface area is 146 Å². The number of esters is 1. The van der Waals surface area contributed by atoms with Gasteiger partial charge in [-0.1, -0.05) is 17.7 Å². The fourth-order valence-electron chi connectivity index (χ4n) is 2.52. The lowest BCUT2D eigenvalue weighted by Crippen LogP contribution is -2.21. The van der Waals surface area contributed by atoms with Crippen LogP contribution in [0.5, 0.6) is 0 Å². The molecule has 5 nitrogen and oxygen atoms in total. The molecule has 128 valence electrons. The van der Waals surface area contributed by atoms with Crippen LogP contribution in [-0.2, 0) is 16.1 Å². The number of benzene rings is 1. The standard InChI is InChI=1S/C18H21ClN2O3/c1-5-24-18(23)15-8-12(3)21(13(15)4)10-17(22)20-16-9-14(19)7-6-11(16)2/h6-9H,5,10H2,1-4H3,(H,20,22). The van der Waals surface area contributed by atoms with E-state index in [0.717, 1.165) is 11.3 Å². The third kappa shape index (κ3) is 3.97. The lowest BCUT2D eigenvalue weighted by Gasteiger charge is -2.12. The Bertz CT molecular complexity index is 781. The number of aromatic nitrogens is 1. The molecular weight excluding hydrogens is 328 g/mol. The average molecular weight is 349 g/mol. The highest BCUT2D eigenvalue weighted by Gasteiger charge is 2.18. The van der Waals surface area contributed by atoms with Gasteiger partial charge in [0.15, 0.2) is 0 Å². The van der Waals surface area contributed by atoms with Crippen LogP contribution < -0.4 is 5.32 Å². The Kier molecular flexibility index (Phi) is 5.67. The molecule has 1 aromatic heterocycles. The van der Waals surface area contributed by atoms with Crippen molar-refractivity contribution in [3.8, 4) is 0 Å². The highest BCUT2D eigenvalue weighted by molar-refractivity contribution is 6.31. The van der Waals surface area contributed by atoms with Crippen LogP contribution in [0.1, 0.15) is 34.2 Å². The van der Waals surface area contributed by atoms with Crippen LogP contribution in [0.2, 0.25) is 5.02 Å². The van der Waals surface area contributed by atoms with Crippen LogP contribution in [0.3, 0.4) is 0 Å². The number of carbonyl (C=O) groups is 2. The molecule has 0 spiro atoms. The van der Waals surface area contributed by atoms with Crippen molar-refractivity contribution < 1.29 is 14.3 Å². The van der Waals surface area contributed by atoms with Gasteiger partial charge in [-0.2, -0.15) is 0 Å². The second-order valence-corrected chi connectivity index (χ2v) is 6.04. The number of ether oxygens (including phenoxy) is 1. The monoisotopic (exact) mass is 348 g/mol.